The summed E-state index contributed by atoms with van der Waals surface area (Å²) < 4.78 is 7.81. The molecule has 0 aliphatic heterocycles. The van der Waals surface area contributed by atoms with Gasteiger partial charge in [-0.1, -0.05) is 50.2 Å². The van der Waals surface area contributed by atoms with E-state index in [1.807, 2.05) is 53.1 Å². The predicted molar refractivity (Wildman–Crippen MR) is 94.5 cm³/mol. The summed E-state index contributed by atoms with van der Waals surface area (Å²) in [6, 6.07) is 17.4. The third-order valence-corrected chi connectivity index (χ3v) is 3.91. The van der Waals surface area contributed by atoms with Crippen LogP contribution in [0.2, 0.25) is 0 Å². The van der Waals surface area contributed by atoms with Crippen molar-refractivity contribution in [1.29, 1.82) is 0 Å². The number of carbonyl (C=O) groups is 1. The molecular formula is C20H21NO3. The van der Waals surface area contributed by atoms with Crippen molar-refractivity contribution < 1.29 is 14.6 Å². The Morgan fingerprint density at radius 2 is 1.88 bits per heavy atom. The number of aromatic nitrogens is 1. The first-order valence-electron chi connectivity index (χ1n) is 8.08. The molecular weight excluding hydrogens is 302 g/mol. The summed E-state index contributed by atoms with van der Waals surface area (Å²) in [4.78, 5) is 11.6. The maximum absolute atomic E-state index is 11.6. The fraction of sp³-hybridized carbons (Fsp3) is 0.250. The van der Waals surface area contributed by atoms with Crippen LogP contribution < -0.4 is 4.74 Å². The molecule has 0 amide bonds. The summed E-state index contributed by atoms with van der Waals surface area (Å²) in [5.74, 6) is 0.148. The molecule has 0 fully saturated rings. The Balaban J connectivity index is 1.99. The normalized spacial score (nSPS) is 11.1. The smallest absolute Gasteiger partial charge is 0.352 e. The Morgan fingerprint density at radius 1 is 1.12 bits per heavy atom. The minimum Gasteiger partial charge on any atom is -0.488 e. The first-order valence-corrected chi connectivity index (χ1v) is 8.08. The minimum atomic E-state index is -0.916. The van der Waals surface area contributed by atoms with E-state index in [0.717, 1.165) is 16.5 Å². The van der Waals surface area contributed by atoms with Gasteiger partial charge in [-0.15, -0.1) is 0 Å². The van der Waals surface area contributed by atoms with E-state index in [9.17, 15) is 9.90 Å². The van der Waals surface area contributed by atoms with Gasteiger partial charge < -0.3 is 14.4 Å². The highest BCUT2D eigenvalue weighted by Crippen LogP contribution is 2.30. The zero-order valence-corrected chi connectivity index (χ0v) is 13.9. The van der Waals surface area contributed by atoms with E-state index in [1.165, 1.54) is 0 Å². The standard InChI is InChI=1S/C20H21NO3/c1-14(2)12-21-17-9-6-10-19(16(17)11-18(21)20(22)23)24-13-15-7-4-3-5-8-15/h3-11,14H,12-13H2,1-2H3,(H,22,23). The van der Waals surface area contributed by atoms with Gasteiger partial charge in [0.15, 0.2) is 0 Å². The average Bonchev–Trinajstić information content (AvgIpc) is 2.93. The monoisotopic (exact) mass is 323 g/mol. The molecule has 1 aromatic heterocycles. The molecule has 4 heteroatoms. The van der Waals surface area contributed by atoms with Gasteiger partial charge in [-0.25, -0.2) is 4.79 Å². The highest BCUT2D eigenvalue weighted by atomic mass is 16.5. The summed E-state index contributed by atoms with van der Waals surface area (Å²) in [6.45, 7) is 5.27. The summed E-state index contributed by atoms with van der Waals surface area (Å²) in [5.41, 5.74) is 2.27. The SMILES string of the molecule is CC(C)Cn1c(C(=O)O)cc2c(OCc3ccccc3)cccc21. The van der Waals surface area contributed by atoms with Crippen LogP contribution in [0.1, 0.15) is 29.9 Å². The Kier molecular flexibility index (Phi) is 4.56. The lowest BCUT2D eigenvalue weighted by molar-refractivity contribution is 0.0685. The first-order chi connectivity index (χ1) is 11.6. The molecule has 1 heterocycles. The number of ether oxygens (including phenoxy) is 1. The molecule has 0 saturated heterocycles. The molecule has 24 heavy (non-hydrogen) atoms. The molecule has 0 radical (unpaired) electrons. The number of carboxylic acid groups (broad SMARTS) is 1. The van der Waals surface area contributed by atoms with Gasteiger partial charge in [0.1, 0.15) is 18.1 Å². The lowest BCUT2D eigenvalue weighted by atomic mass is 10.2. The molecule has 1 N–H and O–H groups in total. The third-order valence-electron chi connectivity index (χ3n) is 3.91. The van der Waals surface area contributed by atoms with Gasteiger partial charge in [0.25, 0.3) is 0 Å². The quantitative estimate of drug-likeness (QED) is 0.722. The Labute approximate surface area is 141 Å². The van der Waals surface area contributed by atoms with Crippen LogP contribution in [-0.4, -0.2) is 15.6 Å². The van der Waals surface area contributed by atoms with Crippen molar-refractivity contribution in [1.82, 2.24) is 4.57 Å². The lowest BCUT2D eigenvalue weighted by Crippen LogP contribution is -2.11. The molecule has 0 aliphatic rings. The summed E-state index contributed by atoms with van der Waals surface area (Å²) in [6.07, 6.45) is 0. The molecule has 2 aromatic carbocycles. The number of hydrogen-bond donors (Lipinski definition) is 1. The van der Waals surface area contributed by atoms with E-state index >= 15 is 0 Å². The van der Waals surface area contributed by atoms with Gasteiger partial charge in [0.05, 0.1) is 5.52 Å². The van der Waals surface area contributed by atoms with Crippen molar-refractivity contribution in [3.8, 4) is 5.75 Å². The number of hydrogen-bond acceptors (Lipinski definition) is 2. The molecule has 0 bridgehead atoms. The van der Waals surface area contributed by atoms with Gasteiger partial charge in [-0.05, 0) is 29.7 Å². The molecule has 0 atom stereocenters. The molecule has 4 nitrogen and oxygen atoms in total. The maximum Gasteiger partial charge on any atom is 0.352 e. The summed E-state index contributed by atoms with van der Waals surface area (Å²) >= 11 is 0. The van der Waals surface area contributed by atoms with Crippen LogP contribution in [0.15, 0.2) is 54.6 Å². The zero-order chi connectivity index (χ0) is 17.1. The molecule has 3 rings (SSSR count). The van der Waals surface area contributed by atoms with Gasteiger partial charge >= 0.3 is 5.97 Å². The van der Waals surface area contributed by atoms with Gasteiger partial charge in [-0.3, -0.25) is 0 Å². The van der Waals surface area contributed by atoms with E-state index in [0.29, 0.717) is 30.5 Å². The zero-order valence-electron chi connectivity index (χ0n) is 13.9. The van der Waals surface area contributed by atoms with Crippen LogP contribution in [-0.2, 0) is 13.2 Å². The maximum atomic E-state index is 11.6. The van der Waals surface area contributed by atoms with Crippen LogP contribution in [0.4, 0.5) is 0 Å². The Morgan fingerprint density at radius 3 is 2.54 bits per heavy atom. The second-order valence-electron chi connectivity index (χ2n) is 6.30. The first kappa shape index (κ1) is 16.1. The predicted octanol–water partition coefficient (Wildman–Crippen LogP) is 4.57. The van der Waals surface area contributed by atoms with Gasteiger partial charge in [-0.2, -0.15) is 0 Å². The highest BCUT2D eigenvalue weighted by Gasteiger charge is 2.17. The van der Waals surface area contributed by atoms with E-state index in [4.69, 9.17) is 4.74 Å². The van der Waals surface area contributed by atoms with E-state index in [2.05, 4.69) is 13.8 Å². The van der Waals surface area contributed by atoms with Crippen molar-refractivity contribution in [3.63, 3.8) is 0 Å². The molecule has 0 unspecified atom stereocenters. The molecule has 124 valence electrons. The second-order valence-corrected chi connectivity index (χ2v) is 6.30. The van der Waals surface area contributed by atoms with Crippen LogP contribution in [0.25, 0.3) is 10.9 Å². The Hall–Kier alpha value is -2.75. The van der Waals surface area contributed by atoms with E-state index in [-0.39, 0.29) is 0 Å². The van der Waals surface area contributed by atoms with Crippen LogP contribution in [0.3, 0.4) is 0 Å². The molecule has 3 aromatic rings. The molecule has 0 saturated carbocycles. The number of nitrogens with zero attached hydrogens (tertiary/aromatic N) is 1. The fourth-order valence-corrected chi connectivity index (χ4v) is 2.86. The second kappa shape index (κ2) is 6.79. The van der Waals surface area contributed by atoms with Crippen LogP contribution >= 0.6 is 0 Å². The number of fused-ring (bicyclic) bond motifs is 1. The average molecular weight is 323 g/mol. The lowest BCUT2D eigenvalue weighted by Gasteiger charge is -2.12. The number of aromatic carboxylic acids is 1. The number of benzene rings is 2. The van der Waals surface area contributed by atoms with Crippen molar-refractivity contribution in [2.24, 2.45) is 5.92 Å². The van der Waals surface area contributed by atoms with Gasteiger partial charge in [0.2, 0.25) is 0 Å². The van der Waals surface area contributed by atoms with Crippen LogP contribution in [0.5, 0.6) is 5.75 Å². The van der Waals surface area contributed by atoms with Crippen molar-refractivity contribution in [3.05, 3.63) is 65.9 Å². The topological polar surface area (TPSA) is 51.5 Å². The minimum absolute atomic E-state index is 0.300. The number of rotatable bonds is 6. The molecule has 0 aliphatic carbocycles. The van der Waals surface area contributed by atoms with E-state index < -0.39 is 5.97 Å². The van der Waals surface area contributed by atoms with Crippen molar-refractivity contribution in [2.75, 3.05) is 0 Å². The van der Waals surface area contributed by atoms with Gasteiger partial charge in [0, 0.05) is 11.9 Å². The fourth-order valence-electron chi connectivity index (χ4n) is 2.86. The summed E-state index contributed by atoms with van der Waals surface area (Å²) in [5, 5.41) is 10.4. The number of carboxylic acids is 1. The van der Waals surface area contributed by atoms with Crippen molar-refractivity contribution in [2.45, 2.75) is 27.0 Å². The van der Waals surface area contributed by atoms with Crippen molar-refractivity contribution >= 4 is 16.9 Å². The molecule has 0 spiro atoms. The highest BCUT2D eigenvalue weighted by molar-refractivity contribution is 5.97. The third kappa shape index (κ3) is 3.27. The Bertz CT molecular complexity index is 850. The largest absolute Gasteiger partial charge is 0.488 e. The van der Waals surface area contributed by atoms with Crippen LogP contribution in [0, 0.1) is 5.92 Å². The summed E-state index contributed by atoms with van der Waals surface area (Å²) in [7, 11) is 0. The van der Waals surface area contributed by atoms with E-state index in [1.54, 1.807) is 6.07 Å².